The van der Waals surface area contributed by atoms with Crippen molar-refractivity contribution in [2.45, 2.75) is 12.5 Å². The Kier molecular flexibility index (Phi) is 6.25. The number of hydrogen-bond donors (Lipinski definition) is 2. The summed E-state index contributed by atoms with van der Waals surface area (Å²) in [6.45, 7) is -0.249. The van der Waals surface area contributed by atoms with Crippen LogP contribution < -0.4 is 10.5 Å². The van der Waals surface area contributed by atoms with Crippen molar-refractivity contribution in [2.75, 3.05) is 13.7 Å². The number of ether oxygens (including phenoxy) is 1. The Labute approximate surface area is 98.6 Å². The van der Waals surface area contributed by atoms with Crippen molar-refractivity contribution in [1.29, 1.82) is 0 Å². The quantitative estimate of drug-likeness (QED) is 0.849. The second-order valence-electron chi connectivity index (χ2n) is 3.23. The van der Waals surface area contributed by atoms with Gasteiger partial charge >= 0.3 is 0 Å². The molecule has 1 atom stereocenters. The molecule has 92 valence electrons. The fourth-order valence-corrected chi connectivity index (χ4v) is 1.34. The summed E-state index contributed by atoms with van der Waals surface area (Å²) in [7, 11) is 1.30. The van der Waals surface area contributed by atoms with Gasteiger partial charge in [-0.05, 0) is 12.5 Å². The van der Waals surface area contributed by atoms with Crippen LogP contribution in [-0.2, 0) is 6.42 Å². The molecule has 0 aliphatic heterocycles. The van der Waals surface area contributed by atoms with Crippen LogP contribution in [0.2, 0.25) is 0 Å². The Hall–Kier alpha value is -0.910. The van der Waals surface area contributed by atoms with E-state index in [1.807, 2.05) is 0 Å². The molecule has 1 aromatic rings. The molecule has 3 N–H and O–H groups in total. The van der Waals surface area contributed by atoms with Crippen LogP contribution in [0.4, 0.5) is 8.78 Å². The number of aliphatic hydroxyl groups excluding tert-OH is 1. The number of methoxy groups -OCH3 is 1. The molecule has 6 heteroatoms. The molecule has 0 saturated heterocycles. The normalized spacial score (nSPS) is 11.8. The first-order valence-corrected chi connectivity index (χ1v) is 4.46. The van der Waals surface area contributed by atoms with Gasteiger partial charge < -0.3 is 15.6 Å². The number of halogens is 3. The second kappa shape index (κ2) is 6.62. The topological polar surface area (TPSA) is 55.5 Å². The summed E-state index contributed by atoms with van der Waals surface area (Å²) in [6.07, 6.45) is 0.161. The maximum atomic E-state index is 13.2. The van der Waals surface area contributed by atoms with Gasteiger partial charge in [0.25, 0.3) is 0 Å². The summed E-state index contributed by atoms with van der Waals surface area (Å²) in [4.78, 5) is 0. The van der Waals surface area contributed by atoms with Crippen molar-refractivity contribution in [1.82, 2.24) is 0 Å². The summed E-state index contributed by atoms with van der Waals surface area (Å²) in [6, 6.07) is 1.34. The van der Waals surface area contributed by atoms with E-state index >= 15 is 0 Å². The third-order valence-corrected chi connectivity index (χ3v) is 2.01. The van der Waals surface area contributed by atoms with Gasteiger partial charge in [-0.2, -0.15) is 0 Å². The van der Waals surface area contributed by atoms with E-state index in [0.29, 0.717) is 5.56 Å². The zero-order valence-electron chi connectivity index (χ0n) is 8.74. The highest BCUT2D eigenvalue weighted by atomic mass is 35.5. The van der Waals surface area contributed by atoms with E-state index in [4.69, 9.17) is 15.6 Å². The molecule has 1 rings (SSSR count). The SMILES string of the molecule is COc1c(F)cc(F)cc1CC(N)CO.Cl. The standard InChI is InChI=1S/C10H13F2NO2.ClH/c1-15-10-6(3-8(13)5-14)2-7(11)4-9(10)12;/h2,4,8,14H,3,5,13H2,1H3;1H. The van der Waals surface area contributed by atoms with Gasteiger partial charge in [0, 0.05) is 17.7 Å². The zero-order chi connectivity index (χ0) is 11.4. The van der Waals surface area contributed by atoms with Gasteiger partial charge in [0.05, 0.1) is 13.7 Å². The van der Waals surface area contributed by atoms with E-state index in [0.717, 1.165) is 12.1 Å². The first-order valence-electron chi connectivity index (χ1n) is 4.46. The minimum atomic E-state index is -0.766. The zero-order valence-corrected chi connectivity index (χ0v) is 9.56. The van der Waals surface area contributed by atoms with Crippen molar-refractivity contribution >= 4 is 12.4 Å². The highest BCUT2D eigenvalue weighted by Crippen LogP contribution is 2.24. The number of rotatable bonds is 4. The first kappa shape index (κ1) is 15.1. The fraction of sp³-hybridized carbons (Fsp3) is 0.400. The van der Waals surface area contributed by atoms with E-state index in [2.05, 4.69) is 0 Å². The predicted octanol–water partition coefficient (Wildman–Crippen LogP) is 1.26. The van der Waals surface area contributed by atoms with Crippen molar-refractivity contribution in [3.05, 3.63) is 29.3 Å². The van der Waals surface area contributed by atoms with Gasteiger partial charge in [0.1, 0.15) is 5.82 Å². The lowest BCUT2D eigenvalue weighted by Gasteiger charge is -2.12. The summed E-state index contributed by atoms with van der Waals surface area (Å²) in [5.74, 6) is -1.48. The number of nitrogens with two attached hydrogens (primary N) is 1. The molecule has 1 aromatic carbocycles. The molecule has 0 aliphatic rings. The fourth-order valence-electron chi connectivity index (χ4n) is 1.34. The third-order valence-electron chi connectivity index (χ3n) is 2.01. The monoisotopic (exact) mass is 253 g/mol. The van der Waals surface area contributed by atoms with E-state index in [-0.39, 0.29) is 31.2 Å². The number of benzene rings is 1. The second-order valence-corrected chi connectivity index (χ2v) is 3.23. The molecule has 0 fully saturated rings. The molecule has 3 nitrogen and oxygen atoms in total. The van der Waals surface area contributed by atoms with E-state index in [1.165, 1.54) is 7.11 Å². The first-order chi connectivity index (χ1) is 7.08. The van der Waals surface area contributed by atoms with Gasteiger partial charge in [-0.1, -0.05) is 0 Å². The van der Waals surface area contributed by atoms with Crippen molar-refractivity contribution in [2.24, 2.45) is 5.73 Å². The molecular weight excluding hydrogens is 240 g/mol. The molecule has 0 bridgehead atoms. The molecule has 16 heavy (non-hydrogen) atoms. The predicted molar refractivity (Wildman–Crippen MR) is 58.9 cm³/mol. The lowest BCUT2D eigenvalue weighted by molar-refractivity contribution is 0.264. The molecule has 0 saturated carbocycles. The van der Waals surface area contributed by atoms with Gasteiger partial charge in [-0.3, -0.25) is 0 Å². The summed E-state index contributed by atoms with van der Waals surface area (Å²) >= 11 is 0. The Morgan fingerprint density at radius 2 is 2.06 bits per heavy atom. The smallest absolute Gasteiger partial charge is 0.168 e. The molecule has 0 aromatic heterocycles. The van der Waals surface area contributed by atoms with E-state index in [9.17, 15) is 8.78 Å². The van der Waals surface area contributed by atoms with Crippen molar-refractivity contribution < 1.29 is 18.6 Å². The lowest BCUT2D eigenvalue weighted by atomic mass is 10.1. The van der Waals surface area contributed by atoms with Crippen LogP contribution in [-0.4, -0.2) is 24.9 Å². The maximum absolute atomic E-state index is 13.2. The van der Waals surface area contributed by atoms with Gasteiger partial charge in [-0.25, -0.2) is 8.78 Å². The minimum absolute atomic E-state index is 0. The molecule has 0 amide bonds. The van der Waals surface area contributed by atoms with E-state index in [1.54, 1.807) is 0 Å². The van der Waals surface area contributed by atoms with Crippen molar-refractivity contribution in [3.63, 3.8) is 0 Å². The van der Waals surface area contributed by atoms with Crippen LogP contribution >= 0.6 is 12.4 Å². The Morgan fingerprint density at radius 1 is 1.44 bits per heavy atom. The molecule has 1 unspecified atom stereocenters. The summed E-state index contributed by atoms with van der Waals surface area (Å²) < 4.78 is 30.9. The molecule has 0 radical (unpaired) electrons. The van der Waals surface area contributed by atoms with E-state index < -0.39 is 17.7 Å². The van der Waals surface area contributed by atoms with Crippen LogP contribution in [0.25, 0.3) is 0 Å². The number of hydrogen-bond acceptors (Lipinski definition) is 3. The largest absolute Gasteiger partial charge is 0.493 e. The highest BCUT2D eigenvalue weighted by molar-refractivity contribution is 5.85. The third kappa shape index (κ3) is 3.59. The van der Waals surface area contributed by atoms with Crippen LogP contribution in [0.1, 0.15) is 5.56 Å². The van der Waals surface area contributed by atoms with Crippen LogP contribution in [0.15, 0.2) is 12.1 Å². The van der Waals surface area contributed by atoms with Gasteiger partial charge in [0.2, 0.25) is 0 Å². The van der Waals surface area contributed by atoms with Crippen LogP contribution in [0.3, 0.4) is 0 Å². The minimum Gasteiger partial charge on any atom is -0.493 e. The molecular formula is C10H14ClF2NO2. The summed E-state index contributed by atoms with van der Waals surface area (Å²) in [5, 5.41) is 8.74. The van der Waals surface area contributed by atoms with Crippen molar-refractivity contribution in [3.8, 4) is 5.75 Å². The lowest BCUT2D eigenvalue weighted by Crippen LogP contribution is -2.27. The van der Waals surface area contributed by atoms with Crippen LogP contribution in [0, 0.1) is 11.6 Å². The van der Waals surface area contributed by atoms with Gasteiger partial charge in [-0.15, -0.1) is 12.4 Å². The average molecular weight is 254 g/mol. The molecule has 0 heterocycles. The number of aliphatic hydroxyl groups is 1. The summed E-state index contributed by atoms with van der Waals surface area (Å²) in [5.41, 5.74) is 5.79. The molecule has 0 spiro atoms. The highest BCUT2D eigenvalue weighted by Gasteiger charge is 2.14. The average Bonchev–Trinajstić information content (AvgIpc) is 2.17. The Morgan fingerprint density at radius 3 is 2.56 bits per heavy atom. The molecule has 0 aliphatic carbocycles. The maximum Gasteiger partial charge on any atom is 0.168 e. The Bertz CT molecular complexity index is 350. The van der Waals surface area contributed by atoms with Gasteiger partial charge in [0.15, 0.2) is 11.6 Å². The van der Waals surface area contributed by atoms with Crippen LogP contribution in [0.5, 0.6) is 5.75 Å². The Balaban J connectivity index is 0.00000225.